The summed E-state index contributed by atoms with van der Waals surface area (Å²) >= 11 is 0. The molecule has 1 aliphatic carbocycles. The average molecular weight is 407 g/mol. The SMILES string of the molecule is [2H]C([2H])([2H])Oc1nc(NC2CCC(C)(O)CC2)nn2ccc(-c3ccc4nccnc4c3)c12. The number of nitrogens with one attached hydrogen (secondary N) is 1. The summed E-state index contributed by atoms with van der Waals surface area (Å²) in [4.78, 5) is 13.1. The second-order valence-electron chi connectivity index (χ2n) is 8.04. The molecule has 4 aromatic rings. The number of aromatic nitrogens is 5. The Morgan fingerprint density at radius 2 is 2.00 bits per heavy atom. The molecule has 0 amide bonds. The van der Waals surface area contributed by atoms with Crippen molar-refractivity contribution in [2.75, 3.05) is 12.4 Å². The first kappa shape index (κ1) is 15.6. The minimum Gasteiger partial charge on any atom is -0.479 e. The molecule has 8 heteroatoms. The van der Waals surface area contributed by atoms with Crippen molar-refractivity contribution in [1.29, 1.82) is 0 Å². The van der Waals surface area contributed by atoms with Crippen LogP contribution in [0.25, 0.3) is 27.7 Å². The summed E-state index contributed by atoms with van der Waals surface area (Å²) in [5.41, 5.74) is 2.82. The molecule has 0 spiro atoms. The molecule has 3 aromatic heterocycles. The molecule has 0 unspecified atom stereocenters. The van der Waals surface area contributed by atoms with E-state index < -0.39 is 12.6 Å². The zero-order chi connectivity index (χ0) is 23.2. The van der Waals surface area contributed by atoms with Gasteiger partial charge >= 0.3 is 0 Å². The number of ether oxygens (including phenoxy) is 1. The highest BCUT2D eigenvalue weighted by atomic mass is 16.5. The molecule has 0 radical (unpaired) electrons. The molecule has 3 heterocycles. The third-order valence-electron chi connectivity index (χ3n) is 5.75. The maximum Gasteiger partial charge on any atom is 0.244 e. The van der Waals surface area contributed by atoms with Gasteiger partial charge in [0.2, 0.25) is 11.8 Å². The maximum absolute atomic E-state index is 10.2. The minimum absolute atomic E-state index is 0.0328. The lowest BCUT2D eigenvalue weighted by atomic mass is 9.84. The number of nitrogens with zero attached hydrogens (tertiary/aromatic N) is 5. The van der Waals surface area contributed by atoms with Gasteiger partial charge in [0.15, 0.2) is 0 Å². The molecule has 2 N–H and O–H groups in total. The standard InChI is InChI=1S/C22H24N6O2/c1-22(29)8-5-15(6-9-22)25-21-26-20(30-2)19-16(7-12-28(19)27-21)14-3-4-17-18(13-14)24-11-10-23-17/h3-4,7,10-13,15,29H,5-6,8-9H2,1-2H3,(H,25,27)/i2D3. The van der Waals surface area contributed by atoms with Crippen LogP contribution in [0.4, 0.5) is 5.95 Å². The van der Waals surface area contributed by atoms with Gasteiger partial charge in [-0.25, -0.2) is 4.52 Å². The zero-order valence-corrected chi connectivity index (χ0v) is 16.5. The van der Waals surface area contributed by atoms with E-state index in [1.807, 2.05) is 31.2 Å². The molecular weight excluding hydrogens is 380 g/mol. The quantitative estimate of drug-likeness (QED) is 0.535. The van der Waals surface area contributed by atoms with Gasteiger partial charge in [0.05, 0.1) is 27.8 Å². The minimum atomic E-state index is -2.67. The normalized spacial score (nSPS) is 23.7. The fourth-order valence-electron chi connectivity index (χ4n) is 4.05. The fourth-order valence-corrected chi connectivity index (χ4v) is 4.05. The third-order valence-corrected chi connectivity index (χ3v) is 5.75. The molecule has 1 saturated carbocycles. The largest absolute Gasteiger partial charge is 0.479 e. The lowest BCUT2D eigenvalue weighted by Crippen LogP contribution is -2.36. The smallest absolute Gasteiger partial charge is 0.244 e. The van der Waals surface area contributed by atoms with Crippen LogP contribution in [-0.2, 0) is 0 Å². The number of fused-ring (bicyclic) bond motifs is 2. The van der Waals surface area contributed by atoms with E-state index >= 15 is 0 Å². The highest BCUT2D eigenvalue weighted by Crippen LogP contribution is 2.33. The van der Waals surface area contributed by atoms with E-state index in [2.05, 4.69) is 25.4 Å². The topological polar surface area (TPSA) is 97.5 Å². The highest BCUT2D eigenvalue weighted by molar-refractivity contribution is 5.89. The van der Waals surface area contributed by atoms with Gasteiger partial charge < -0.3 is 15.2 Å². The molecule has 8 nitrogen and oxygen atoms in total. The zero-order valence-electron chi connectivity index (χ0n) is 19.5. The van der Waals surface area contributed by atoms with E-state index in [4.69, 9.17) is 8.85 Å². The Balaban J connectivity index is 1.55. The Bertz CT molecular complexity index is 1310. The lowest BCUT2D eigenvalue weighted by Gasteiger charge is -2.33. The second-order valence-corrected chi connectivity index (χ2v) is 8.04. The van der Waals surface area contributed by atoms with Crippen LogP contribution >= 0.6 is 0 Å². The van der Waals surface area contributed by atoms with Crippen molar-refractivity contribution in [2.45, 2.75) is 44.2 Å². The van der Waals surface area contributed by atoms with Crippen molar-refractivity contribution in [1.82, 2.24) is 24.6 Å². The van der Waals surface area contributed by atoms with Gasteiger partial charge in [-0.3, -0.25) is 9.97 Å². The number of hydrogen-bond acceptors (Lipinski definition) is 7. The van der Waals surface area contributed by atoms with E-state index in [-0.39, 0.29) is 17.9 Å². The van der Waals surface area contributed by atoms with E-state index in [0.717, 1.165) is 35.0 Å². The van der Waals surface area contributed by atoms with Crippen LogP contribution in [0.2, 0.25) is 0 Å². The van der Waals surface area contributed by atoms with Crippen molar-refractivity contribution >= 4 is 22.5 Å². The first-order valence-electron chi connectivity index (χ1n) is 11.5. The maximum atomic E-state index is 10.2. The average Bonchev–Trinajstić information content (AvgIpc) is 3.18. The molecule has 154 valence electrons. The summed E-state index contributed by atoms with van der Waals surface area (Å²) in [6, 6.07) is 7.57. The molecule has 0 aliphatic heterocycles. The number of rotatable bonds is 4. The van der Waals surface area contributed by atoms with Gasteiger partial charge in [-0.15, -0.1) is 5.10 Å². The van der Waals surface area contributed by atoms with Crippen LogP contribution in [0.3, 0.4) is 0 Å². The molecule has 1 fully saturated rings. The Labute approximate surface area is 178 Å². The third kappa shape index (κ3) is 3.43. The Kier molecular flexibility index (Phi) is 3.74. The monoisotopic (exact) mass is 407 g/mol. The van der Waals surface area contributed by atoms with Crippen molar-refractivity contribution in [3.05, 3.63) is 42.9 Å². The van der Waals surface area contributed by atoms with Gasteiger partial charge in [0, 0.05) is 30.2 Å². The van der Waals surface area contributed by atoms with E-state index in [0.29, 0.717) is 18.4 Å². The highest BCUT2D eigenvalue weighted by Gasteiger charge is 2.29. The molecule has 5 rings (SSSR count). The predicted molar refractivity (Wildman–Crippen MR) is 115 cm³/mol. The van der Waals surface area contributed by atoms with Gasteiger partial charge in [-0.2, -0.15) is 4.98 Å². The summed E-state index contributed by atoms with van der Waals surface area (Å²) < 4.78 is 29.7. The van der Waals surface area contributed by atoms with Gasteiger partial charge in [-0.1, -0.05) is 6.07 Å². The molecule has 0 atom stereocenters. The van der Waals surface area contributed by atoms with Crippen molar-refractivity contribution in [2.24, 2.45) is 0 Å². The van der Waals surface area contributed by atoms with Crippen molar-refractivity contribution in [3.63, 3.8) is 0 Å². The molecule has 0 bridgehead atoms. The number of methoxy groups -OCH3 is 1. The number of hydrogen-bond donors (Lipinski definition) is 2. The Morgan fingerprint density at radius 3 is 2.80 bits per heavy atom. The van der Waals surface area contributed by atoms with Crippen LogP contribution in [0.1, 0.15) is 36.7 Å². The van der Waals surface area contributed by atoms with Crippen LogP contribution in [0.15, 0.2) is 42.9 Å². The van der Waals surface area contributed by atoms with Gasteiger partial charge in [0.1, 0.15) is 5.52 Å². The first-order chi connectivity index (χ1) is 15.7. The molecule has 30 heavy (non-hydrogen) atoms. The second kappa shape index (κ2) is 7.21. The predicted octanol–water partition coefficient (Wildman–Crippen LogP) is 3.45. The van der Waals surface area contributed by atoms with Crippen LogP contribution in [-0.4, -0.2) is 48.4 Å². The summed E-state index contributed by atoms with van der Waals surface area (Å²) in [6.07, 6.45) is 7.87. The molecular formula is C22H24N6O2. The Morgan fingerprint density at radius 1 is 1.20 bits per heavy atom. The number of aliphatic hydroxyl groups is 1. The first-order valence-corrected chi connectivity index (χ1v) is 9.95. The van der Waals surface area contributed by atoms with E-state index in [9.17, 15) is 5.11 Å². The van der Waals surface area contributed by atoms with E-state index in [1.165, 1.54) is 0 Å². The molecule has 1 aromatic carbocycles. The molecule has 0 saturated heterocycles. The van der Waals surface area contributed by atoms with Crippen LogP contribution in [0.5, 0.6) is 5.88 Å². The van der Waals surface area contributed by atoms with Crippen molar-refractivity contribution in [3.8, 4) is 17.0 Å². The summed E-state index contributed by atoms with van der Waals surface area (Å²) in [7, 11) is -2.67. The van der Waals surface area contributed by atoms with Crippen LogP contribution in [0, 0.1) is 0 Å². The summed E-state index contributed by atoms with van der Waals surface area (Å²) in [6.45, 7) is 1.84. The molecule has 1 aliphatic rings. The van der Waals surface area contributed by atoms with Crippen molar-refractivity contribution < 1.29 is 14.0 Å². The van der Waals surface area contributed by atoms with Gasteiger partial charge in [0.25, 0.3) is 0 Å². The number of benzene rings is 1. The number of anilines is 1. The Hall–Kier alpha value is -3.26. The van der Waals surface area contributed by atoms with Crippen LogP contribution < -0.4 is 10.1 Å². The summed E-state index contributed by atoms with van der Waals surface area (Å²) in [5, 5.41) is 18.0. The van der Waals surface area contributed by atoms with Gasteiger partial charge in [-0.05, 0) is 56.4 Å². The summed E-state index contributed by atoms with van der Waals surface area (Å²) in [5.74, 6) is 0.245. The van der Waals surface area contributed by atoms with E-state index in [1.54, 1.807) is 23.1 Å². The fraction of sp³-hybridized carbons (Fsp3) is 0.364. The lowest BCUT2D eigenvalue weighted by molar-refractivity contribution is 0.0195.